The summed E-state index contributed by atoms with van der Waals surface area (Å²) in [4.78, 5) is 29.2. The fraction of sp³-hybridized carbons (Fsp3) is 0.150. The lowest BCUT2D eigenvalue weighted by Gasteiger charge is -2.15. The Hall–Kier alpha value is -2.61. The molecule has 0 saturated heterocycles. The average molecular weight is 450 g/mol. The van der Waals surface area contributed by atoms with Crippen LogP contribution in [0.2, 0.25) is 10.0 Å². The lowest BCUT2D eigenvalue weighted by molar-refractivity contribution is -0.124. The van der Waals surface area contributed by atoms with Crippen LogP contribution in [0.5, 0.6) is 0 Å². The van der Waals surface area contributed by atoms with Gasteiger partial charge < -0.3 is 10.5 Å². The molecule has 3 N–H and O–H groups in total. The van der Waals surface area contributed by atoms with E-state index in [2.05, 4.69) is 10.3 Å². The quantitative estimate of drug-likeness (QED) is 0.394. The molecule has 150 valence electrons. The number of anilines is 2. The number of amides is 1. The molecule has 9 heteroatoms. The fourth-order valence-electron chi connectivity index (χ4n) is 2.44. The van der Waals surface area contributed by atoms with Gasteiger partial charge in [-0.2, -0.15) is 0 Å². The minimum absolute atomic E-state index is 0.317. The van der Waals surface area contributed by atoms with E-state index < -0.39 is 18.0 Å². The molecule has 0 saturated carbocycles. The second-order valence-electron chi connectivity index (χ2n) is 6.08. The van der Waals surface area contributed by atoms with Crippen molar-refractivity contribution in [3.8, 4) is 11.3 Å². The van der Waals surface area contributed by atoms with E-state index in [4.69, 9.17) is 33.7 Å². The van der Waals surface area contributed by atoms with Gasteiger partial charge in [0, 0.05) is 16.6 Å². The van der Waals surface area contributed by atoms with Gasteiger partial charge in [-0.3, -0.25) is 10.1 Å². The summed E-state index contributed by atoms with van der Waals surface area (Å²) in [6.45, 7) is 1.75. The zero-order valence-corrected chi connectivity index (χ0v) is 17.6. The van der Waals surface area contributed by atoms with Crippen LogP contribution in [-0.4, -0.2) is 23.0 Å². The van der Waals surface area contributed by atoms with Gasteiger partial charge in [-0.05, 0) is 42.8 Å². The van der Waals surface area contributed by atoms with Gasteiger partial charge in [-0.15, -0.1) is 11.3 Å². The van der Waals surface area contributed by atoms with Crippen LogP contribution in [0.15, 0.2) is 47.8 Å². The summed E-state index contributed by atoms with van der Waals surface area (Å²) in [5, 5.41) is 5.73. The zero-order chi connectivity index (χ0) is 21.0. The number of aromatic nitrogens is 1. The monoisotopic (exact) mass is 449 g/mol. The summed E-state index contributed by atoms with van der Waals surface area (Å²) in [5.74, 6) is -1.05. The van der Waals surface area contributed by atoms with E-state index in [-0.39, 0.29) is 0 Å². The topological polar surface area (TPSA) is 94.3 Å². The molecule has 1 heterocycles. The molecule has 0 aliphatic rings. The van der Waals surface area contributed by atoms with Crippen molar-refractivity contribution in [1.82, 2.24) is 4.98 Å². The smallest absolute Gasteiger partial charge is 0.338 e. The molecule has 0 aliphatic carbocycles. The van der Waals surface area contributed by atoms with E-state index in [1.165, 1.54) is 11.3 Å². The molecule has 1 aromatic heterocycles. The summed E-state index contributed by atoms with van der Waals surface area (Å²) < 4.78 is 5.33. The maximum Gasteiger partial charge on any atom is 0.338 e. The molecule has 1 atom stereocenters. The van der Waals surface area contributed by atoms with Crippen molar-refractivity contribution in [2.75, 3.05) is 11.1 Å². The highest BCUT2D eigenvalue weighted by atomic mass is 35.5. The standard InChI is InChI=1S/C20H17Cl2N3O3S/c1-2-17(28-19(27)11-3-6-13(23)7-4-11)18(26)25-20-24-16(10-29-20)12-5-8-14(21)15(22)9-12/h3-10,17H,2,23H2,1H3,(H,24,25,26). The molecule has 0 fully saturated rings. The molecular formula is C20H17Cl2N3O3S. The Kier molecular flexibility index (Phi) is 6.74. The second kappa shape index (κ2) is 9.26. The van der Waals surface area contributed by atoms with Crippen LogP contribution in [0.1, 0.15) is 23.7 Å². The van der Waals surface area contributed by atoms with Gasteiger partial charge in [0.15, 0.2) is 11.2 Å². The Morgan fingerprint density at radius 1 is 1.17 bits per heavy atom. The summed E-state index contributed by atoms with van der Waals surface area (Å²) in [7, 11) is 0. The third-order valence-electron chi connectivity index (χ3n) is 4.01. The summed E-state index contributed by atoms with van der Waals surface area (Å²) in [5.41, 5.74) is 7.89. The first-order chi connectivity index (χ1) is 13.9. The molecule has 0 spiro atoms. The largest absolute Gasteiger partial charge is 0.449 e. The van der Waals surface area contributed by atoms with Crippen LogP contribution in [-0.2, 0) is 9.53 Å². The van der Waals surface area contributed by atoms with Crippen LogP contribution >= 0.6 is 34.5 Å². The third-order valence-corrected chi connectivity index (χ3v) is 5.51. The number of nitrogens with one attached hydrogen (secondary N) is 1. The molecule has 0 aliphatic heterocycles. The minimum Gasteiger partial charge on any atom is -0.449 e. The van der Waals surface area contributed by atoms with Crippen molar-refractivity contribution in [2.45, 2.75) is 19.4 Å². The van der Waals surface area contributed by atoms with Crippen molar-refractivity contribution >= 4 is 57.2 Å². The molecule has 3 rings (SSSR count). The van der Waals surface area contributed by atoms with Crippen molar-refractivity contribution < 1.29 is 14.3 Å². The van der Waals surface area contributed by atoms with E-state index in [1.54, 1.807) is 54.8 Å². The molecule has 3 aromatic rings. The van der Waals surface area contributed by atoms with Crippen molar-refractivity contribution in [1.29, 1.82) is 0 Å². The Labute approximate surface area is 181 Å². The number of carbonyl (C=O) groups excluding carboxylic acids is 2. The Morgan fingerprint density at radius 3 is 2.55 bits per heavy atom. The van der Waals surface area contributed by atoms with Crippen molar-refractivity contribution in [3.05, 3.63) is 63.5 Å². The van der Waals surface area contributed by atoms with Gasteiger partial charge in [0.2, 0.25) is 0 Å². The molecular weight excluding hydrogens is 433 g/mol. The van der Waals surface area contributed by atoms with Gasteiger partial charge >= 0.3 is 5.97 Å². The maximum atomic E-state index is 12.5. The Morgan fingerprint density at radius 2 is 1.90 bits per heavy atom. The second-order valence-corrected chi connectivity index (χ2v) is 7.75. The summed E-state index contributed by atoms with van der Waals surface area (Å²) >= 11 is 13.2. The van der Waals surface area contributed by atoms with Crippen LogP contribution in [0.3, 0.4) is 0 Å². The van der Waals surface area contributed by atoms with Crippen LogP contribution in [0.4, 0.5) is 10.8 Å². The lowest BCUT2D eigenvalue weighted by Crippen LogP contribution is -2.32. The zero-order valence-electron chi connectivity index (χ0n) is 15.3. The number of nitrogens with zero attached hydrogens (tertiary/aromatic N) is 1. The number of esters is 1. The van der Waals surface area contributed by atoms with Crippen LogP contribution in [0.25, 0.3) is 11.3 Å². The van der Waals surface area contributed by atoms with Gasteiger partial charge in [-0.25, -0.2) is 9.78 Å². The first kappa shape index (κ1) is 21.1. The van der Waals surface area contributed by atoms with Gasteiger partial charge in [0.1, 0.15) is 0 Å². The molecule has 2 aromatic carbocycles. The highest BCUT2D eigenvalue weighted by molar-refractivity contribution is 7.14. The molecule has 0 radical (unpaired) electrons. The predicted octanol–water partition coefficient (Wildman–Crippen LogP) is 5.27. The SMILES string of the molecule is CCC(OC(=O)c1ccc(N)cc1)C(=O)Nc1nc(-c2ccc(Cl)c(Cl)c2)cs1. The molecule has 1 unspecified atom stereocenters. The molecule has 1 amide bonds. The fourth-order valence-corrected chi connectivity index (χ4v) is 3.46. The summed E-state index contributed by atoms with van der Waals surface area (Å²) in [6.07, 6.45) is -0.630. The molecule has 29 heavy (non-hydrogen) atoms. The number of nitrogens with two attached hydrogens (primary N) is 1. The molecule has 6 nitrogen and oxygen atoms in total. The summed E-state index contributed by atoms with van der Waals surface area (Å²) in [6, 6.07) is 11.5. The Balaban J connectivity index is 1.66. The van der Waals surface area contributed by atoms with E-state index in [1.807, 2.05) is 0 Å². The van der Waals surface area contributed by atoms with Gasteiger partial charge in [0.25, 0.3) is 5.91 Å². The maximum absolute atomic E-state index is 12.5. The van der Waals surface area contributed by atoms with Crippen LogP contribution in [0, 0.1) is 0 Å². The third kappa shape index (κ3) is 5.26. The van der Waals surface area contributed by atoms with Crippen LogP contribution < -0.4 is 11.1 Å². The number of nitrogen functional groups attached to an aromatic ring is 1. The van der Waals surface area contributed by atoms with E-state index >= 15 is 0 Å². The minimum atomic E-state index is -0.947. The number of rotatable bonds is 6. The first-order valence-electron chi connectivity index (χ1n) is 8.65. The van der Waals surface area contributed by atoms with E-state index in [0.717, 1.165) is 5.56 Å². The molecule has 0 bridgehead atoms. The highest BCUT2D eigenvalue weighted by Gasteiger charge is 2.23. The number of hydrogen-bond donors (Lipinski definition) is 2. The number of halogens is 2. The normalized spacial score (nSPS) is 11.7. The van der Waals surface area contributed by atoms with Crippen molar-refractivity contribution in [3.63, 3.8) is 0 Å². The van der Waals surface area contributed by atoms with E-state index in [9.17, 15) is 9.59 Å². The van der Waals surface area contributed by atoms with Gasteiger partial charge in [-0.1, -0.05) is 36.2 Å². The highest BCUT2D eigenvalue weighted by Crippen LogP contribution is 2.30. The first-order valence-corrected chi connectivity index (χ1v) is 10.3. The Bertz CT molecular complexity index is 1040. The number of benzene rings is 2. The average Bonchev–Trinajstić information content (AvgIpc) is 3.16. The van der Waals surface area contributed by atoms with Gasteiger partial charge in [0.05, 0.1) is 21.3 Å². The lowest BCUT2D eigenvalue weighted by atomic mass is 10.2. The van der Waals surface area contributed by atoms with E-state index in [0.29, 0.717) is 38.5 Å². The number of thiazole rings is 1. The van der Waals surface area contributed by atoms with Crippen molar-refractivity contribution in [2.24, 2.45) is 0 Å². The number of hydrogen-bond acceptors (Lipinski definition) is 6. The predicted molar refractivity (Wildman–Crippen MR) is 117 cm³/mol. The number of ether oxygens (including phenoxy) is 1. The number of carbonyl (C=O) groups is 2.